The van der Waals surface area contributed by atoms with Gasteiger partial charge in [0.05, 0.1) is 5.52 Å². The second kappa shape index (κ2) is 4.62. The molecular weight excluding hydrogens is 206 g/mol. The second-order valence-electron chi connectivity index (χ2n) is 4.41. The lowest BCUT2D eigenvalue weighted by Gasteiger charge is -2.07. The van der Waals surface area contributed by atoms with Crippen LogP contribution in [0.3, 0.4) is 0 Å². The first kappa shape index (κ1) is 11.7. The van der Waals surface area contributed by atoms with E-state index in [0.717, 1.165) is 18.5 Å². The van der Waals surface area contributed by atoms with Crippen LogP contribution >= 0.6 is 0 Å². The summed E-state index contributed by atoms with van der Waals surface area (Å²) in [6.07, 6.45) is 4.17. The van der Waals surface area contributed by atoms with Crippen LogP contribution in [0.1, 0.15) is 31.5 Å². The van der Waals surface area contributed by atoms with Gasteiger partial charge in [0.2, 0.25) is 0 Å². The largest absolute Gasteiger partial charge is 0.314 e. The Morgan fingerprint density at radius 2 is 2.06 bits per heavy atom. The Bertz CT molecular complexity index is 572. The fraction of sp³-hybridized carbons (Fsp3) is 0.250. The van der Waals surface area contributed by atoms with Gasteiger partial charge in [-0.2, -0.15) is 0 Å². The third-order valence-electron chi connectivity index (χ3n) is 3.10. The summed E-state index contributed by atoms with van der Waals surface area (Å²) < 4.78 is 2.20. The van der Waals surface area contributed by atoms with Crippen molar-refractivity contribution >= 4 is 22.7 Å². The van der Waals surface area contributed by atoms with Crippen LogP contribution < -0.4 is 0 Å². The van der Waals surface area contributed by atoms with E-state index in [4.69, 9.17) is 0 Å². The number of nitrogens with zero attached hydrogens (tertiary/aromatic N) is 1. The Kier molecular flexibility index (Phi) is 3.19. The van der Waals surface area contributed by atoms with Gasteiger partial charge < -0.3 is 4.57 Å². The molecule has 2 aromatic rings. The van der Waals surface area contributed by atoms with Crippen LogP contribution in [0.4, 0.5) is 0 Å². The van der Waals surface area contributed by atoms with Gasteiger partial charge >= 0.3 is 0 Å². The molecule has 1 heteroatoms. The van der Waals surface area contributed by atoms with Crippen molar-refractivity contribution in [2.75, 3.05) is 0 Å². The SMILES string of the molecule is C=Cc1c(CCC)c2ccccc2n1C(=C)C. The predicted molar refractivity (Wildman–Crippen MR) is 77.0 cm³/mol. The Morgan fingerprint density at radius 1 is 1.35 bits per heavy atom. The molecule has 0 bridgehead atoms. The van der Waals surface area contributed by atoms with E-state index < -0.39 is 0 Å². The Labute approximate surface area is 103 Å². The summed E-state index contributed by atoms with van der Waals surface area (Å²) in [4.78, 5) is 0. The molecule has 1 nitrogen and oxygen atoms in total. The molecule has 0 radical (unpaired) electrons. The van der Waals surface area contributed by atoms with Crippen molar-refractivity contribution in [1.29, 1.82) is 0 Å². The highest BCUT2D eigenvalue weighted by molar-refractivity contribution is 5.90. The smallest absolute Gasteiger partial charge is 0.0534 e. The zero-order chi connectivity index (χ0) is 12.4. The van der Waals surface area contributed by atoms with Crippen molar-refractivity contribution in [1.82, 2.24) is 4.57 Å². The first-order valence-electron chi connectivity index (χ1n) is 6.11. The molecule has 88 valence electrons. The van der Waals surface area contributed by atoms with Gasteiger partial charge in [0.15, 0.2) is 0 Å². The van der Waals surface area contributed by atoms with Crippen molar-refractivity contribution in [2.24, 2.45) is 0 Å². The van der Waals surface area contributed by atoms with E-state index in [2.05, 4.69) is 48.9 Å². The summed E-state index contributed by atoms with van der Waals surface area (Å²) in [7, 11) is 0. The van der Waals surface area contributed by atoms with Gasteiger partial charge in [-0.3, -0.25) is 0 Å². The number of allylic oxidation sites excluding steroid dienone is 1. The van der Waals surface area contributed by atoms with Gasteiger partial charge in [-0.25, -0.2) is 0 Å². The van der Waals surface area contributed by atoms with Gasteiger partial charge in [0.25, 0.3) is 0 Å². The summed E-state index contributed by atoms with van der Waals surface area (Å²) in [6.45, 7) is 12.3. The average molecular weight is 225 g/mol. The van der Waals surface area contributed by atoms with Gasteiger partial charge in [0, 0.05) is 16.8 Å². The maximum atomic E-state index is 4.07. The summed E-state index contributed by atoms with van der Waals surface area (Å²) in [5, 5.41) is 1.33. The molecule has 0 aliphatic heterocycles. The van der Waals surface area contributed by atoms with Gasteiger partial charge in [-0.15, -0.1) is 0 Å². The van der Waals surface area contributed by atoms with Gasteiger partial charge in [0.1, 0.15) is 0 Å². The van der Waals surface area contributed by atoms with Crippen molar-refractivity contribution in [3.05, 3.63) is 48.7 Å². The van der Waals surface area contributed by atoms with E-state index in [1.807, 2.05) is 13.0 Å². The lowest BCUT2D eigenvalue weighted by atomic mass is 10.1. The van der Waals surface area contributed by atoms with E-state index in [0.29, 0.717) is 0 Å². The van der Waals surface area contributed by atoms with E-state index in [1.54, 1.807) is 0 Å². The van der Waals surface area contributed by atoms with E-state index >= 15 is 0 Å². The topological polar surface area (TPSA) is 4.93 Å². The molecule has 17 heavy (non-hydrogen) atoms. The molecule has 0 atom stereocenters. The first-order valence-corrected chi connectivity index (χ1v) is 6.11. The normalized spacial score (nSPS) is 10.7. The summed E-state index contributed by atoms with van der Waals surface area (Å²) >= 11 is 0. The van der Waals surface area contributed by atoms with Crippen LogP contribution in [0.15, 0.2) is 37.4 Å². The Balaban J connectivity index is 2.86. The fourth-order valence-corrected chi connectivity index (χ4v) is 2.46. The van der Waals surface area contributed by atoms with Crippen LogP contribution in [-0.4, -0.2) is 4.57 Å². The van der Waals surface area contributed by atoms with Gasteiger partial charge in [-0.05, 0) is 31.1 Å². The zero-order valence-corrected chi connectivity index (χ0v) is 10.7. The highest BCUT2D eigenvalue weighted by Crippen LogP contribution is 2.30. The molecule has 1 aromatic carbocycles. The number of aromatic nitrogens is 1. The Morgan fingerprint density at radius 3 is 2.65 bits per heavy atom. The number of hydrogen-bond acceptors (Lipinski definition) is 0. The standard InChI is InChI=1S/C16H19N/c1-5-9-13-14-10-7-8-11-16(14)17(12(3)4)15(13)6-2/h6-8,10-11H,2-3,5,9H2,1,4H3. The van der Waals surface area contributed by atoms with E-state index in [1.165, 1.54) is 22.2 Å². The molecule has 0 aliphatic carbocycles. The molecule has 2 rings (SSSR count). The number of fused-ring (bicyclic) bond motifs is 1. The lowest BCUT2D eigenvalue weighted by molar-refractivity contribution is 0.919. The van der Waals surface area contributed by atoms with Crippen LogP contribution in [-0.2, 0) is 6.42 Å². The number of rotatable bonds is 4. The molecule has 1 heterocycles. The average Bonchev–Trinajstić information content (AvgIpc) is 2.64. The third-order valence-corrected chi connectivity index (χ3v) is 3.10. The lowest BCUT2D eigenvalue weighted by Crippen LogP contribution is -1.96. The van der Waals surface area contributed by atoms with E-state index in [9.17, 15) is 0 Å². The zero-order valence-electron chi connectivity index (χ0n) is 10.7. The minimum atomic E-state index is 1.04. The number of hydrogen-bond donors (Lipinski definition) is 0. The molecule has 0 saturated carbocycles. The second-order valence-corrected chi connectivity index (χ2v) is 4.41. The highest BCUT2D eigenvalue weighted by Gasteiger charge is 2.13. The van der Waals surface area contributed by atoms with Crippen molar-refractivity contribution < 1.29 is 0 Å². The quantitative estimate of drug-likeness (QED) is 0.709. The maximum absolute atomic E-state index is 4.07. The van der Waals surface area contributed by atoms with Gasteiger partial charge in [-0.1, -0.05) is 44.7 Å². The summed E-state index contributed by atoms with van der Waals surface area (Å²) in [6, 6.07) is 8.50. The summed E-state index contributed by atoms with van der Waals surface area (Å²) in [5.41, 5.74) is 4.86. The molecule has 0 aliphatic rings. The Hall–Kier alpha value is -1.76. The molecule has 0 saturated heterocycles. The number of para-hydroxylation sites is 1. The maximum Gasteiger partial charge on any atom is 0.0534 e. The van der Waals surface area contributed by atoms with Crippen molar-refractivity contribution in [2.45, 2.75) is 26.7 Å². The molecule has 0 unspecified atom stereocenters. The molecule has 1 aromatic heterocycles. The van der Waals surface area contributed by atoms with Crippen LogP contribution in [0.25, 0.3) is 22.7 Å². The van der Waals surface area contributed by atoms with E-state index in [-0.39, 0.29) is 0 Å². The third kappa shape index (κ3) is 1.82. The van der Waals surface area contributed by atoms with Crippen LogP contribution in [0, 0.1) is 0 Å². The van der Waals surface area contributed by atoms with Crippen LogP contribution in [0.2, 0.25) is 0 Å². The first-order chi connectivity index (χ1) is 8.20. The molecular formula is C16H19N. The number of benzene rings is 1. The highest BCUT2D eigenvalue weighted by atomic mass is 15.0. The fourth-order valence-electron chi connectivity index (χ4n) is 2.46. The van der Waals surface area contributed by atoms with Crippen molar-refractivity contribution in [3.8, 4) is 0 Å². The molecule has 0 spiro atoms. The minimum absolute atomic E-state index is 1.04. The van der Waals surface area contributed by atoms with Crippen LogP contribution in [0.5, 0.6) is 0 Å². The molecule has 0 fully saturated rings. The predicted octanol–water partition coefficient (Wildman–Crippen LogP) is 4.73. The van der Waals surface area contributed by atoms with Crippen molar-refractivity contribution in [3.63, 3.8) is 0 Å². The number of aryl methyl sites for hydroxylation is 1. The molecule has 0 N–H and O–H groups in total. The molecule has 0 amide bonds. The monoisotopic (exact) mass is 225 g/mol. The minimum Gasteiger partial charge on any atom is -0.314 e. The summed E-state index contributed by atoms with van der Waals surface area (Å²) in [5.74, 6) is 0.